The summed E-state index contributed by atoms with van der Waals surface area (Å²) in [5.74, 6) is 0.959. The predicted molar refractivity (Wildman–Crippen MR) is 255 cm³/mol. The van der Waals surface area contributed by atoms with Crippen LogP contribution in [0.5, 0.6) is 0 Å². The molecule has 1 aliphatic carbocycles. The molecule has 0 saturated heterocycles. The molecule has 2 aromatic heterocycles. The Kier molecular flexibility index (Phi) is 8.31. The van der Waals surface area contributed by atoms with Crippen molar-refractivity contribution in [3.05, 3.63) is 218 Å². The van der Waals surface area contributed by atoms with Crippen LogP contribution in [-0.2, 0) is 6.42 Å². The van der Waals surface area contributed by atoms with Crippen LogP contribution < -0.4 is 4.90 Å². The van der Waals surface area contributed by atoms with Crippen LogP contribution in [-0.4, -0.2) is 0 Å². The second-order valence-corrected chi connectivity index (χ2v) is 16.0. The van der Waals surface area contributed by atoms with Gasteiger partial charge in [-0.3, -0.25) is 0 Å². The summed E-state index contributed by atoms with van der Waals surface area (Å²) in [5.41, 5.74) is 16.6. The summed E-state index contributed by atoms with van der Waals surface area (Å²) in [4.78, 5) is 2.38. The zero-order valence-corrected chi connectivity index (χ0v) is 33.4. The molecule has 0 unspecified atom stereocenters. The SMILES string of the molecule is C1=Cc2oc3cccc(N(c4ccc(-c5cccc(-c6cccc(-c7ccc8ccccc8c7)c6)c5)cc4)c4ccc(-c5cccc6c5oc5ccccc56)cc4)c3c2CC1. The van der Waals surface area contributed by atoms with E-state index in [0.29, 0.717) is 0 Å². The molecule has 0 radical (unpaired) electrons. The minimum absolute atomic E-state index is 0.903. The van der Waals surface area contributed by atoms with Gasteiger partial charge in [0.2, 0.25) is 0 Å². The fourth-order valence-corrected chi connectivity index (χ4v) is 9.32. The molecule has 0 bridgehead atoms. The van der Waals surface area contributed by atoms with E-state index in [9.17, 15) is 0 Å². The lowest BCUT2D eigenvalue weighted by atomic mass is 9.95. The van der Waals surface area contributed by atoms with Crippen LogP contribution in [0.2, 0.25) is 0 Å². The van der Waals surface area contributed by atoms with Crippen LogP contribution in [0.3, 0.4) is 0 Å². The van der Waals surface area contributed by atoms with E-state index >= 15 is 0 Å². The van der Waals surface area contributed by atoms with E-state index in [2.05, 4.69) is 205 Å². The number of benzene rings is 9. The molecule has 0 fully saturated rings. The van der Waals surface area contributed by atoms with Gasteiger partial charge in [0.1, 0.15) is 22.5 Å². The molecule has 0 spiro atoms. The Morgan fingerprint density at radius 3 is 1.77 bits per heavy atom. The lowest BCUT2D eigenvalue weighted by molar-refractivity contribution is 0.595. The van der Waals surface area contributed by atoms with E-state index in [4.69, 9.17) is 8.83 Å². The molecule has 3 nitrogen and oxygen atoms in total. The van der Waals surface area contributed by atoms with Gasteiger partial charge in [0.25, 0.3) is 0 Å². The van der Waals surface area contributed by atoms with E-state index in [1.54, 1.807) is 0 Å². The molecule has 0 atom stereocenters. The number of hydrogen-bond donors (Lipinski definition) is 0. The summed E-state index contributed by atoms with van der Waals surface area (Å²) >= 11 is 0. The predicted octanol–water partition coefficient (Wildman–Crippen LogP) is 16.6. The van der Waals surface area contributed by atoms with Gasteiger partial charge < -0.3 is 13.7 Å². The summed E-state index contributed by atoms with van der Waals surface area (Å²) < 4.78 is 12.9. The summed E-state index contributed by atoms with van der Waals surface area (Å²) in [6.45, 7) is 0. The van der Waals surface area contributed by atoms with Crippen molar-refractivity contribution in [2.45, 2.75) is 12.8 Å². The minimum atomic E-state index is 0.903. The highest BCUT2D eigenvalue weighted by molar-refractivity contribution is 6.09. The van der Waals surface area contributed by atoms with Gasteiger partial charge in [-0.2, -0.15) is 0 Å². The van der Waals surface area contributed by atoms with E-state index in [-0.39, 0.29) is 0 Å². The van der Waals surface area contributed by atoms with Crippen molar-refractivity contribution in [1.29, 1.82) is 0 Å². The molecule has 0 saturated carbocycles. The zero-order chi connectivity index (χ0) is 40.3. The Labute approximate surface area is 354 Å². The molecule has 12 rings (SSSR count). The van der Waals surface area contributed by atoms with Crippen molar-refractivity contribution in [1.82, 2.24) is 0 Å². The average molecular weight is 782 g/mol. The normalized spacial score (nSPS) is 12.4. The molecule has 61 heavy (non-hydrogen) atoms. The van der Waals surface area contributed by atoms with Crippen LogP contribution >= 0.6 is 0 Å². The maximum absolute atomic E-state index is 6.45. The van der Waals surface area contributed by atoms with Crippen LogP contribution in [0.1, 0.15) is 17.7 Å². The first-order chi connectivity index (χ1) is 30.2. The van der Waals surface area contributed by atoms with Crippen LogP contribution in [0.4, 0.5) is 17.1 Å². The molecule has 1 aliphatic rings. The standard InChI is InChI=1S/C58H39NO2/c1-2-12-41-36-46(26-25-38(41)11-1)45-16-8-15-44(37-45)43-14-7-13-42(35-43)39-27-31-47(32-28-39)59(53-21-10-24-56-57(53)52-18-4-6-23-55(52)60-56)48-33-29-40(30-34-48)49-19-9-20-51-50-17-3-5-22-54(50)61-58(49)51/h1-3,5-17,19-37H,4,18H2. The highest BCUT2D eigenvalue weighted by atomic mass is 16.3. The fraction of sp³-hybridized carbons (Fsp3) is 0.0345. The summed E-state index contributed by atoms with van der Waals surface area (Å²) in [6, 6.07) is 72.0. The largest absolute Gasteiger partial charge is 0.456 e. The van der Waals surface area contributed by atoms with Crippen molar-refractivity contribution in [3.63, 3.8) is 0 Å². The molecular weight excluding hydrogens is 743 g/mol. The molecule has 288 valence electrons. The average Bonchev–Trinajstić information content (AvgIpc) is 3.91. The molecule has 3 heteroatoms. The van der Waals surface area contributed by atoms with Crippen LogP contribution in [0.15, 0.2) is 215 Å². The maximum Gasteiger partial charge on any atom is 0.143 e. The van der Waals surface area contributed by atoms with E-state index in [0.717, 1.165) is 79.9 Å². The fourth-order valence-electron chi connectivity index (χ4n) is 9.32. The molecule has 0 N–H and O–H groups in total. The first-order valence-corrected chi connectivity index (χ1v) is 21.0. The van der Waals surface area contributed by atoms with Gasteiger partial charge in [-0.05, 0) is 129 Å². The van der Waals surface area contributed by atoms with Gasteiger partial charge >= 0.3 is 0 Å². The van der Waals surface area contributed by atoms with Crippen LogP contribution in [0.25, 0.3) is 94.3 Å². The number of aryl methyl sites for hydroxylation is 1. The Morgan fingerprint density at radius 1 is 0.410 bits per heavy atom. The van der Waals surface area contributed by atoms with Crippen molar-refractivity contribution in [2.24, 2.45) is 0 Å². The van der Waals surface area contributed by atoms with Gasteiger partial charge in [-0.1, -0.05) is 146 Å². The smallest absolute Gasteiger partial charge is 0.143 e. The lowest BCUT2D eigenvalue weighted by Crippen LogP contribution is -2.10. The van der Waals surface area contributed by atoms with Crippen molar-refractivity contribution in [2.75, 3.05) is 4.90 Å². The summed E-state index contributed by atoms with van der Waals surface area (Å²) in [6.07, 6.45) is 6.28. The number of para-hydroxylation sites is 2. The number of rotatable bonds is 7. The van der Waals surface area contributed by atoms with E-state index in [1.165, 1.54) is 49.5 Å². The van der Waals surface area contributed by atoms with Gasteiger partial charge in [-0.15, -0.1) is 0 Å². The monoisotopic (exact) mass is 781 g/mol. The highest BCUT2D eigenvalue weighted by Gasteiger charge is 2.23. The van der Waals surface area contributed by atoms with Gasteiger partial charge in [0.15, 0.2) is 0 Å². The zero-order valence-electron chi connectivity index (χ0n) is 33.4. The third kappa shape index (κ3) is 6.13. The first-order valence-electron chi connectivity index (χ1n) is 21.0. The molecule has 0 amide bonds. The summed E-state index contributed by atoms with van der Waals surface area (Å²) in [7, 11) is 0. The summed E-state index contributed by atoms with van der Waals surface area (Å²) in [5, 5.41) is 5.94. The van der Waals surface area contributed by atoms with Gasteiger partial charge in [0.05, 0.1) is 5.69 Å². The number of furan rings is 2. The van der Waals surface area contributed by atoms with E-state index < -0.39 is 0 Å². The Hall–Kier alpha value is -7.88. The maximum atomic E-state index is 6.45. The van der Waals surface area contributed by atoms with Gasteiger partial charge in [-0.25, -0.2) is 0 Å². The highest BCUT2D eigenvalue weighted by Crippen LogP contribution is 2.45. The second-order valence-electron chi connectivity index (χ2n) is 16.0. The Balaban J connectivity index is 0.919. The van der Waals surface area contributed by atoms with E-state index in [1.807, 2.05) is 12.1 Å². The lowest BCUT2D eigenvalue weighted by Gasteiger charge is -2.27. The van der Waals surface area contributed by atoms with Crippen molar-refractivity contribution < 1.29 is 8.83 Å². The van der Waals surface area contributed by atoms with Crippen LogP contribution in [0, 0.1) is 0 Å². The molecule has 9 aromatic carbocycles. The topological polar surface area (TPSA) is 29.5 Å². The molecule has 11 aromatic rings. The number of allylic oxidation sites excluding steroid dienone is 1. The number of nitrogens with zero attached hydrogens (tertiary/aromatic N) is 1. The minimum Gasteiger partial charge on any atom is -0.456 e. The third-order valence-electron chi connectivity index (χ3n) is 12.3. The molecule has 0 aliphatic heterocycles. The van der Waals surface area contributed by atoms with Crippen molar-refractivity contribution >= 4 is 66.8 Å². The third-order valence-corrected chi connectivity index (χ3v) is 12.3. The molecule has 2 heterocycles. The number of fused-ring (bicyclic) bond motifs is 7. The molecular formula is C58H39NO2. The van der Waals surface area contributed by atoms with Gasteiger partial charge in [0, 0.05) is 38.7 Å². The number of anilines is 3. The quantitative estimate of drug-likeness (QED) is 0.161. The Bertz CT molecular complexity index is 3480. The second kappa shape index (κ2) is 14.4. The number of hydrogen-bond acceptors (Lipinski definition) is 3. The first kappa shape index (κ1) is 35.1. The van der Waals surface area contributed by atoms with Crippen molar-refractivity contribution in [3.8, 4) is 44.5 Å². The Morgan fingerprint density at radius 2 is 1.00 bits per heavy atom.